The molecule has 20 heavy (non-hydrogen) atoms. The van der Waals surface area contributed by atoms with Crippen LogP contribution in [0.3, 0.4) is 0 Å². The zero-order valence-electron chi connectivity index (χ0n) is 12.2. The van der Waals surface area contributed by atoms with Gasteiger partial charge in [-0.2, -0.15) is 0 Å². The molecule has 0 unspecified atom stereocenters. The number of para-hydroxylation sites is 1. The van der Waals surface area contributed by atoms with Gasteiger partial charge in [0.2, 0.25) is 11.8 Å². The molecule has 0 aliphatic carbocycles. The van der Waals surface area contributed by atoms with E-state index in [4.69, 9.17) is 0 Å². The van der Waals surface area contributed by atoms with E-state index < -0.39 is 0 Å². The van der Waals surface area contributed by atoms with Gasteiger partial charge < -0.3 is 10.2 Å². The van der Waals surface area contributed by atoms with Crippen LogP contribution in [0.15, 0.2) is 24.3 Å². The summed E-state index contributed by atoms with van der Waals surface area (Å²) >= 11 is 0. The predicted octanol–water partition coefficient (Wildman–Crippen LogP) is 2.45. The topological polar surface area (TPSA) is 49.4 Å². The summed E-state index contributed by atoms with van der Waals surface area (Å²) in [6, 6.07) is 7.86. The minimum Gasteiger partial charge on any atom is -0.343 e. The maximum atomic E-state index is 12.0. The number of benzene rings is 1. The van der Waals surface area contributed by atoms with Gasteiger partial charge >= 0.3 is 0 Å². The lowest BCUT2D eigenvalue weighted by Gasteiger charge is -2.25. The van der Waals surface area contributed by atoms with Crippen molar-refractivity contribution in [2.45, 2.75) is 33.1 Å². The molecule has 4 nitrogen and oxygen atoms in total. The monoisotopic (exact) mass is 274 g/mol. The lowest BCUT2D eigenvalue weighted by atomic mass is 9.89. The largest absolute Gasteiger partial charge is 0.343 e. The first kappa shape index (κ1) is 14.6. The summed E-state index contributed by atoms with van der Waals surface area (Å²) in [5, 5.41) is 2.93. The minimum atomic E-state index is -0.0931. The average molecular weight is 274 g/mol. The lowest BCUT2D eigenvalue weighted by Crippen LogP contribution is -2.33. The van der Waals surface area contributed by atoms with Gasteiger partial charge in [-0.25, -0.2) is 0 Å². The number of carbonyl (C=O) groups is 2. The van der Waals surface area contributed by atoms with Crippen LogP contribution in [0.2, 0.25) is 0 Å². The molecule has 0 saturated carbocycles. The van der Waals surface area contributed by atoms with E-state index in [1.807, 2.05) is 43.0 Å². The average Bonchev–Trinajstić information content (AvgIpc) is 2.46. The molecule has 0 saturated heterocycles. The quantitative estimate of drug-likeness (QED) is 0.896. The fourth-order valence-electron chi connectivity index (χ4n) is 2.68. The Bertz CT molecular complexity index is 495. The van der Waals surface area contributed by atoms with Gasteiger partial charge in [-0.3, -0.25) is 9.59 Å². The van der Waals surface area contributed by atoms with Gasteiger partial charge in [0.1, 0.15) is 0 Å². The van der Waals surface area contributed by atoms with Crippen LogP contribution in [0.4, 0.5) is 5.69 Å². The van der Waals surface area contributed by atoms with E-state index in [0.717, 1.165) is 30.8 Å². The fraction of sp³-hybridized carbons (Fsp3) is 0.500. The molecule has 0 radical (unpaired) electrons. The van der Waals surface area contributed by atoms with Gasteiger partial charge in [0.15, 0.2) is 0 Å². The molecule has 0 spiro atoms. The maximum Gasteiger partial charge on any atom is 0.227 e. The Morgan fingerprint density at radius 1 is 1.30 bits per heavy atom. The van der Waals surface area contributed by atoms with Crippen molar-refractivity contribution in [1.82, 2.24) is 4.90 Å². The molecule has 1 heterocycles. The third-order valence-corrected chi connectivity index (χ3v) is 3.94. The summed E-state index contributed by atoms with van der Waals surface area (Å²) < 4.78 is 0. The predicted molar refractivity (Wildman–Crippen MR) is 79.4 cm³/mol. The van der Waals surface area contributed by atoms with Crippen molar-refractivity contribution in [3.8, 4) is 0 Å². The van der Waals surface area contributed by atoms with E-state index in [2.05, 4.69) is 5.32 Å². The molecule has 1 aromatic carbocycles. The first-order valence-corrected chi connectivity index (χ1v) is 7.32. The van der Waals surface area contributed by atoms with Gasteiger partial charge in [-0.1, -0.05) is 18.2 Å². The minimum absolute atomic E-state index is 0.0380. The zero-order chi connectivity index (χ0) is 14.5. The first-order chi connectivity index (χ1) is 9.65. The molecule has 1 aliphatic rings. The number of nitrogens with one attached hydrogen (secondary N) is 1. The van der Waals surface area contributed by atoms with Crippen LogP contribution in [-0.2, 0) is 16.0 Å². The molecule has 1 atom stereocenters. The van der Waals surface area contributed by atoms with E-state index in [9.17, 15) is 9.59 Å². The second kappa shape index (κ2) is 6.55. The molecule has 2 amide bonds. The first-order valence-electron chi connectivity index (χ1n) is 7.32. The highest BCUT2D eigenvalue weighted by Gasteiger charge is 2.26. The van der Waals surface area contributed by atoms with Crippen LogP contribution in [-0.4, -0.2) is 29.8 Å². The van der Waals surface area contributed by atoms with Crippen LogP contribution < -0.4 is 5.32 Å². The van der Waals surface area contributed by atoms with Crippen molar-refractivity contribution in [3.05, 3.63) is 29.8 Å². The Hall–Kier alpha value is -1.84. The smallest absolute Gasteiger partial charge is 0.227 e. The number of rotatable bonds is 5. The molecule has 108 valence electrons. The fourth-order valence-corrected chi connectivity index (χ4v) is 2.68. The van der Waals surface area contributed by atoms with Crippen LogP contribution in [0.1, 0.15) is 32.3 Å². The maximum absolute atomic E-state index is 12.0. The van der Waals surface area contributed by atoms with E-state index >= 15 is 0 Å². The Morgan fingerprint density at radius 3 is 2.70 bits per heavy atom. The summed E-state index contributed by atoms with van der Waals surface area (Å²) in [6.45, 7) is 5.42. The highest BCUT2D eigenvalue weighted by atomic mass is 16.2. The normalized spacial score (nSPS) is 17.3. The molecule has 0 aromatic heterocycles. The molecule has 0 bridgehead atoms. The molecule has 4 heteroatoms. The van der Waals surface area contributed by atoms with Crippen LogP contribution in [0, 0.1) is 5.92 Å². The standard InChI is InChI=1S/C16H22N2O2/c1-3-18(4-2)15(19)10-9-13-11-12-7-5-6-8-14(12)17-16(13)20/h5-8,13H,3-4,9-11H2,1-2H3,(H,17,20)/t13-/m0/s1. The number of anilines is 1. The number of fused-ring (bicyclic) bond motifs is 1. The summed E-state index contributed by atoms with van der Waals surface area (Å²) in [4.78, 5) is 25.9. The summed E-state index contributed by atoms with van der Waals surface area (Å²) in [5.74, 6) is 0.0853. The summed E-state index contributed by atoms with van der Waals surface area (Å²) in [5.41, 5.74) is 2.07. The summed E-state index contributed by atoms with van der Waals surface area (Å²) in [7, 11) is 0. The molecule has 1 aromatic rings. The molecule has 1 aliphatic heterocycles. The highest BCUT2D eigenvalue weighted by molar-refractivity contribution is 5.96. The molecule has 0 fully saturated rings. The van der Waals surface area contributed by atoms with Crippen molar-refractivity contribution in [2.75, 3.05) is 18.4 Å². The Labute approximate surface area is 120 Å². The van der Waals surface area contributed by atoms with Gasteiger partial charge in [0.05, 0.1) is 0 Å². The van der Waals surface area contributed by atoms with Gasteiger partial charge in [-0.05, 0) is 38.3 Å². The van der Waals surface area contributed by atoms with Crippen LogP contribution in [0.25, 0.3) is 0 Å². The van der Waals surface area contributed by atoms with Gasteiger partial charge in [-0.15, -0.1) is 0 Å². The third-order valence-electron chi connectivity index (χ3n) is 3.94. The zero-order valence-corrected chi connectivity index (χ0v) is 12.2. The molecule has 1 N–H and O–H groups in total. The van der Waals surface area contributed by atoms with E-state index in [-0.39, 0.29) is 17.7 Å². The Kier molecular flexibility index (Phi) is 4.77. The number of nitrogens with zero attached hydrogens (tertiary/aromatic N) is 1. The Balaban J connectivity index is 1.94. The summed E-state index contributed by atoms with van der Waals surface area (Å²) in [6.07, 6.45) is 1.80. The second-order valence-corrected chi connectivity index (χ2v) is 5.15. The number of hydrogen-bond acceptors (Lipinski definition) is 2. The van der Waals surface area contributed by atoms with E-state index in [1.54, 1.807) is 0 Å². The lowest BCUT2D eigenvalue weighted by molar-refractivity contribution is -0.131. The Morgan fingerprint density at radius 2 is 2.00 bits per heavy atom. The highest BCUT2D eigenvalue weighted by Crippen LogP contribution is 2.27. The number of carbonyl (C=O) groups excluding carboxylic acids is 2. The van der Waals surface area contributed by atoms with Crippen molar-refractivity contribution in [3.63, 3.8) is 0 Å². The van der Waals surface area contributed by atoms with E-state index in [0.29, 0.717) is 12.8 Å². The third kappa shape index (κ3) is 3.18. The SMILES string of the molecule is CCN(CC)C(=O)CC[C@H]1Cc2ccccc2NC1=O. The van der Waals surface area contributed by atoms with Crippen molar-refractivity contribution in [1.29, 1.82) is 0 Å². The van der Waals surface area contributed by atoms with E-state index in [1.165, 1.54) is 0 Å². The van der Waals surface area contributed by atoms with Crippen molar-refractivity contribution in [2.24, 2.45) is 5.92 Å². The van der Waals surface area contributed by atoms with Crippen molar-refractivity contribution < 1.29 is 9.59 Å². The van der Waals surface area contributed by atoms with Gasteiger partial charge in [0.25, 0.3) is 0 Å². The molecular formula is C16H22N2O2. The number of hydrogen-bond donors (Lipinski definition) is 1. The van der Waals surface area contributed by atoms with Gasteiger partial charge in [0, 0.05) is 31.1 Å². The molecular weight excluding hydrogens is 252 g/mol. The number of amides is 2. The molecule has 2 rings (SSSR count). The second-order valence-electron chi connectivity index (χ2n) is 5.15. The van der Waals surface area contributed by atoms with Crippen LogP contribution >= 0.6 is 0 Å². The van der Waals surface area contributed by atoms with Crippen molar-refractivity contribution >= 4 is 17.5 Å². The van der Waals surface area contributed by atoms with Crippen LogP contribution in [0.5, 0.6) is 0 Å².